The van der Waals surface area contributed by atoms with Crippen molar-refractivity contribution < 1.29 is 0 Å². The minimum absolute atomic E-state index is 0.488. The molecule has 0 aliphatic heterocycles. The van der Waals surface area contributed by atoms with Crippen LogP contribution in [0.3, 0.4) is 0 Å². The zero-order valence-electron chi connectivity index (χ0n) is 8.77. The lowest BCUT2D eigenvalue weighted by Crippen LogP contribution is -2.00. The molecule has 2 nitrogen and oxygen atoms in total. The van der Waals surface area contributed by atoms with E-state index in [0.29, 0.717) is 6.54 Å². The van der Waals surface area contributed by atoms with Crippen LogP contribution in [0.15, 0.2) is 42.5 Å². The molecule has 0 unspecified atom stereocenters. The predicted octanol–water partition coefficient (Wildman–Crippen LogP) is 2.52. The highest BCUT2D eigenvalue weighted by Gasteiger charge is 2.00. The molecule has 0 saturated heterocycles. The third kappa shape index (κ3) is 2.22. The second-order valence-electron chi connectivity index (χ2n) is 3.56. The SMILES string of the molecule is Cc1cc(-c2ccccc2)cc(CN)n1. The van der Waals surface area contributed by atoms with Gasteiger partial charge in [0.15, 0.2) is 0 Å². The maximum Gasteiger partial charge on any atom is 0.0548 e. The van der Waals surface area contributed by atoms with Gasteiger partial charge in [-0.15, -0.1) is 0 Å². The first-order valence-electron chi connectivity index (χ1n) is 5.02. The summed E-state index contributed by atoms with van der Waals surface area (Å²) in [6.07, 6.45) is 0. The average molecular weight is 198 g/mol. The van der Waals surface area contributed by atoms with Crippen LogP contribution in [0.25, 0.3) is 11.1 Å². The van der Waals surface area contributed by atoms with E-state index in [1.807, 2.05) is 31.2 Å². The number of hydrogen-bond donors (Lipinski definition) is 1. The molecule has 2 N–H and O–H groups in total. The zero-order valence-corrected chi connectivity index (χ0v) is 8.77. The van der Waals surface area contributed by atoms with E-state index < -0.39 is 0 Å². The number of benzene rings is 1. The first-order valence-corrected chi connectivity index (χ1v) is 5.02. The molecule has 2 rings (SSSR count). The number of rotatable bonds is 2. The van der Waals surface area contributed by atoms with Crippen LogP contribution in [0.5, 0.6) is 0 Å². The Balaban J connectivity index is 2.49. The van der Waals surface area contributed by atoms with Gasteiger partial charge in [-0.05, 0) is 30.2 Å². The maximum absolute atomic E-state index is 5.60. The summed E-state index contributed by atoms with van der Waals surface area (Å²) in [6, 6.07) is 14.4. The summed E-state index contributed by atoms with van der Waals surface area (Å²) in [5.74, 6) is 0. The Kier molecular flexibility index (Phi) is 2.79. The molecular formula is C13H14N2. The van der Waals surface area contributed by atoms with Gasteiger partial charge in [0.1, 0.15) is 0 Å². The fourth-order valence-electron chi connectivity index (χ4n) is 1.64. The molecule has 0 fully saturated rings. The van der Waals surface area contributed by atoms with E-state index in [0.717, 1.165) is 11.4 Å². The van der Waals surface area contributed by atoms with Crippen molar-refractivity contribution >= 4 is 0 Å². The molecule has 0 amide bonds. The highest BCUT2D eigenvalue weighted by atomic mass is 14.7. The highest BCUT2D eigenvalue weighted by Crippen LogP contribution is 2.20. The molecule has 0 aliphatic rings. The molecule has 15 heavy (non-hydrogen) atoms. The first-order chi connectivity index (χ1) is 7.29. The summed E-state index contributed by atoms with van der Waals surface area (Å²) in [7, 11) is 0. The molecule has 2 aromatic rings. The molecule has 0 aliphatic carbocycles. The predicted molar refractivity (Wildman–Crippen MR) is 62.3 cm³/mol. The largest absolute Gasteiger partial charge is 0.325 e. The zero-order chi connectivity index (χ0) is 10.7. The lowest BCUT2D eigenvalue weighted by atomic mass is 10.1. The Morgan fingerprint density at radius 3 is 2.47 bits per heavy atom. The van der Waals surface area contributed by atoms with Gasteiger partial charge >= 0.3 is 0 Å². The van der Waals surface area contributed by atoms with Crippen molar-refractivity contribution in [2.75, 3.05) is 0 Å². The van der Waals surface area contributed by atoms with Crippen LogP contribution in [0.2, 0.25) is 0 Å². The third-order valence-electron chi connectivity index (χ3n) is 2.32. The molecule has 0 saturated carbocycles. The monoisotopic (exact) mass is 198 g/mol. The Morgan fingerprint density at radius 1 is 1.07 bits per heavy atom. The second-order valence-corrected chi connectivity index (χ2v) is 3.56. The Morgan fingerprint density at radius 2 is 1.80 bits per heavy atom. The van der Waals surface area contributed by atoms with Gasteiger partial charge in [-0.25, -0.2) is 0 Å². The van der Waals surface area contributed by atoms with Crippen LogP contribution in [-0.2, 0) is 6.54 Å². The van der Waals surface area contributed by atoms with Crippen molar-refractivity contribution in [1.29, 1.82) is 0 Å². The van der Waals surface area contributed by atoms with Gasteiger partial charge in [-0.2, -0.15) is 0 Å². The van der Waals surface area contributed by atoms with E-state index in [4.69, 9.17) is 5.73 Å². The van der Waals surface area contributed by atoms with E-state index in [-0.39, 0.29) is 0 Å². The molecule has 2 heteroatoms. The van der Waals surface area contributed by atoms with Gasteiger partial charge in [-0.1, -0.05) is 30.3 Å². The molecule has 1 aromatic carbocycles. The number of hydrogen-bond acceptors (Lipinski definition) is 2. The minimum Gasteiger partial charge on any atom is -0.325 e. The van der Waals surface area contributed by atoms with Crippen molar-refractivity contribution in [3.63, 3.8) is 0 Å². The molecule has 0 spiro atoms. The maximum atomic E-state index is 5.60. The Hall–Kier alpha value is -1.67. The van der Waals surface area contributed by atoms with Crippen LogP contribution in [-0.4, -0.2) is 4.98 Å². The molecule has 0 bridgehead atoms. The summed E-state index contributed by atoms with van der Waals surface area (Å²) in [5, 5.41) is 0. The van der Waals surface area contributed by atoms with E-state index in [2.05, 4.69) is 23.2 Å². The molecule has 1 aromatic heterocycles. The van der Waals surface area contributed by atoms with Crippen molar-refractivity contribution in [2.24, 2.45) is 5.73 Å². The van der Waals surface area contributed by atoms with Crippen molar-refractivity contribution in [2.45, 2.75) is 13.5 Å². The molecule has 1 heterocycles. The van der Waals surface area contributed by atoms with E-state index in [9.17, 15) is 0 Å². The number of pyridine rings is 1. The standard InChI is InChI=1S/C13H14N2/c1-10-7-12(8-13(9-14)15-10)11-5-3-2-4-6-11/h2-8H,9,14H2,1H3. The number of nitrogens with two attached hydrogens (primary N) is 1. The van der Waals surface area contributed by atoms with Crippen molar-refractivity contribution in [3.05, 3.63) is 53.9 Å². The number of aryl methyl sites for hydroxylation is 1. The van der Waals surface area contributed by atoms with E-state index >= 15 is 0 Å². The van der Waals surface area contributed by atoms with E-state index in [1.165, 1.54) is 11.1 Å². The Labute approximate surface area is 89.8 Å². The fourth-order valence-corrected chi connectivity index (χ4v) is 1.64. The molecule has 0 atom stereocenters. The van der Waals surface area contributed by atoms with Gasteiger partial charge in [0.05, 0.1) is 5.69 Å². The normalized spacial score (nSPS) is 10.3. The van der Waals surface area contributed by atoms with Crippen LogP contribution >= 0.6 is 0 Å². The van der Waals surface area contributed by atoms with Gasteiger partial charge < -0.3 is 5.73 Å². The van der Waals surface area contributed by atoms with Crippen LogP contribution in [0.1, 0.15) is 11.4 Å². The van der Waals surface area contributed by atoms with Crippen LogP contribution < -0.4 is 5.73 Å². The van der Waals surface area contributed by atoms with E-state index in [1.54, 1.807) is 0 Å². The van der Waals surface area contributed by atoms with Crippen molar-refractivity contribution in [1.82, 2.24) is 4.98 Å². The van der Waals surface area contributed by atoms with Gasteiger partial charge in [0, 0.05) is 12.2 Å². The summed E-state index contributed by atoms with van der Waals surface area (Å²) in [6.45, 7) is 2.48. The molecular weight excluding hydrogens is 184 g/mol. The summed E-state index contributed by atoms with van der Waals surface area (Å²) in [4.78, 5) is 4.35. The van der Waals surface area contributed by atoms with Gasteiger partial charge in [0.2, 0.25) is 0 Å². The van der Waals surface area contributed by atoms with Crippen LogP contribution in [0, 0.1) is 6.92 Å². The third-order valence-corrected chi connectivity index (χ3v) is 2.32. The van der Waals surface area contributed by atoms with Gasteiger partial charge in [0.25, 0.3) is 0 Å². The Bertz CT molecular complexity index is 449. The lowest BCUT2D eigenvalue weighted by Gasteiger charge is -2.05. The average Bonchev–Trinajstić information content (AvgIpc) is 2.29. The summed E-state index contributed by atoms with van der Waals surface area (Å²) >= 11 is 0. The highest BCUT2D eigenvalue weighted by molar-refractivity contribution is 5.63. The topological polar surface area (TPSA) is 38.9 Å². The minimum atomic E-state index is 0.488. The lowest BCUT2D eigenvalue weighted by molar-refractivity contribution is 0.970. The molecule has 0 radical (unpaired) electrons. The van der Waals surface area contributed by atoms with Gasteiger partial charge in [-0.3, -0.25) is 4.98 Å². The summed E-state index contributed by atoms with van der Waals surface area (Å²) in [5.41, 5.74) is 9.94. The molecule has 76 valence electrons. The number of nitrogens with zero attached hydrogens (tertiary/aromatic N) is 1. The summed E-state index contributed by atoms with van der Waals surface area (Å²) < 4.78 is 0. The fraction of sp³-hybridized carbons (Fsp3) is 0.154. The number of aromatic nitrogens is 1. The van der Waals surface area contributed by atoms with Crippen LogP contribution in [0.4, 0.5) is 0 Å². The first kappa shape index (κ1) is 9.87. The smallest absolute Gasteiger partial charge is 0.0548 e. The van der Waals surface area contributed by atoms with Crippen molar-refractivity contribution in [3.8, 4) is 11.1 Å². The quantitative estimate of drug-likeness (QED) is 0.805. The second kappa shape index (κ2) is 4.24.